The second-order valence-electron chi connectivity index (χ2n) is 10.3. The van der Waals surface area contributed by atoms with E-state index < -0.39 is 12.1 Å². The zero-order valence-corrected chi connectivity index (χ0v) is 21.5. The van der Waals surface area contributed by atoms with Gasteiger partial charge < -0.3 is 19.5 Å². The molecule has 8 nitrogen and oxygen atoms in total. The Morgan fingerprint density at radius 2 is 2.03 bits per heavy atom. The Hall–Kier alpha value is -2.47. The molecule has 4 heterocycles. The van der Waals surface area contributed by atoms with Crippen LogP contribution in [0.2, 0.25) is 0 Å². The van der Waals surface area contributed by atoms with Gasteiger partial charge in [-0.2, -0.15) is 13.2 Å². The summed E-state index contributed by atoms with van der Waals surface area (Å²) in [5, 5.41) is 10.3. The van der Waals surface area contributed by atoms with Gasteiger partial charge in [0.15, 0.2) is 0 Å². The molecule has 1 spiro atoms. The standard InChI is InChI=1S/C22H31N5OS.C2HF3O2/c1-15(2)27-11-20(23-14-27)19-10-25(8-17-4-5-17)13-22(19)6-7-26(21(22)28)9-18-12-29-16(3)24-18;3-2(4,5)1(6)7/h11-12,14-15,17,19H,4-10,13H2,1-3H3;(H,6,7). The van der Waals surface area contributed by atoms with E-state index in [-0.39, 0.29) is 11.3 Å². The number of hydrogen-bond donors (Lipinski definition) is 1. The number of thiazole rings is 1. The van der Waals surface area contributed by atoms with Crippen molar-refractivity contribution in [3.8, 4) is 0 Å². The highest BCUT2D eigenvalue weighted by atomic mass is 32.1. The number of aryl methyl sites for hydroxylation is 1. The van der Waals surface area contributed by atoms with Crippen molar-refractivity contribution in [1.29, 1.82) is 0 Å². The first-order valence-corrected chi connectivity index (χ1v) is 13.0. The Balaban J connectivity index is 0.000000384. The third kappa shape index (κ3) is 5.74. The lowest BCUT2D eigenvalue weighted by Crippen LogP contribution is -2.39. The van der Waals surface area contributed by atoms with Crippen molar-refractivity contribution in [3.63, 3.8) is 0 Å². The summed E-state index contributed by atoms with van der Waals surface area (Å²) in [5.74, 6) is -1.42. The average Bonchev–Trinajstić information content (AvgIpc) is 3.13. The van der Waals surface area contributed by atoms with Crippen LogP contribution >= 0.6 is 11.3 Å². The van der Waals surface area contributed by atoms with Gasteiger partial charge in [-0.15, -0.1) is 11.3 Å². The number of aliphatic carboxylic acids is 1. The van der Waals surface area contributed by atoms with Gasteiger partial charge in [-0.1, -0.05) is 0 Å². The molecule has 1 aliphatic carbocycles. The average molecular weight is 528 g/mol. The first-order chi connectivity index (χ1) is 16.9. The molecule has 0 bridgehead atoms. The first kappa shape index (κ1) is 26.6. The smallest absolute Gasteiger partial charge is 0.475 e. The van der Waals surface area contributed by atoms with Crippen LogP contribution in [0.4, 0.5) is 13.2 Å². The summed E-state index contributed by atoms with van der Waals surface area (Å²) in [7, 11) is 0. The van der Waals surface area contributed by atoms with Crippen molar-refractivity contribution < 1.29 is 27.9 Å². The third-order valence-corrected chi connectivity index (χ3v) is 8.03. The number of rotatable bonds is 6. The van der Waals surface area contributed by atoms with E-state index in [2.05, 4.69) is 39.9 Å². The maximum absolute atomic E-state index is 13.8. The number of carboxylic acids is 1. The number of hydrogen-bond acceptors (Lipinski definition) is 6. The number of aromatic nitrogens is 3. The Labute approximate surface area is 212 Å². The lowest BCUT2D eigenvalue weighted by Gasteiger charge is -2.28. The van der Waals surface area contributed by atoms with Gasteiger partial charge in [0, 0.05) is 49.7 Å². The maximum Gasteiger partial charge on any atom is 0.490 e. The van der Waals surface area contributed by atoms with Gasteiger partial charge in [0.05, 0.1) is 34.7 Å². The summed E-state index contributed by atoms with van der Waals surface area (Å²) in [6.45, 7) is 10.8. The molecular weight excluding hydrogens is 495 g/mol. The molecule has 198 valence electrons. The number of nitrogens with zero attached hydrogens (tertiary/aromatic N) is 5. The van der Waals surface area contributed by atoms with Gasteiger partial charge >= 0.3 is 12.1 Å². The predicted molar refractivity (Wildman–Crippen MR) is 128 cm³/mol. The Morgan fingerprint density at radius 1 is 1.33 bits per heavy atom. The minimum absolute atomic E-state index is 0.191. The van der Waals surface area contributed by atoms with Crippen LogP contribution in [-0.2, 0) is 16.1 Å². The number of likely N-dealkylation sites (tertiary alicyclic amines) is 2. The fourth-order valence-corrected chi connectivity index (χ4v) is 5.76. The van der Waals surface area contributed by atoms with Crippen LogP contribution in [-0.4, -0.2) is 73.7 Å². The van der Waals surface area contributed by atoms with Gasteiger partial charge in [-0.05, 0) is 46.0 Å². The highest BCUT2D eigenvalue weighted by molar-refractivity contribution is 7.09. The third-order valence-electron chi connectivity index (χ3n) is 7.20. The molecular formula is C24H32F3N5O3S. The molecule has 2 saturated heterocycles. The molecule has 1 amide bonds. The van der Waals surface area contributed by atoms with E-state index in [1.165, 1.54) is 12.8 Å². The van der Waals surface area contributed by atoms with E-state index in [0.717, 1.165) is 54.9 Å². The van der Waals surface area contributed by atoms with E-state index in [4.69, 9.17) is 14.9 Å². The molecule has 2 unspecified atom stereocenters. The summed E-state index contributed by atoms with van der Waals surface area (Å²) in [5.41, 5.74) is 1.79. The molecule has 0 aromatic carbocycles. The number of carbonyl (C=O) groups excluding carboxylic acids is 1. The number of halogens is 3. The minimum Gasteiger partial charge on any atom is -0.475 e. The number of imidazole rings is 1. The van der Waals surface area contributed by atoms with Crippen LogP contribution in [0, 0.1) is 18.3 Å². The lowest BCUT2D eigenvalue weighted by atomic mass is 9.75. The summed E-state index contributed by atoms with van der Waals surface area (Å²) in [6.07, 6.45) is 2.65. The highest BCUT2D eigenvalue weighted by Gasteiger charge is 2.58. The molecule has 1 N–H and O–H groups in total. The number of carbonyl (C=O) groups is 2. The summed E-state index contributed by atoms with van der Waals surface area (Å²) < 4.78 is 33.9. The molecule has 3 fully saturated rings. The van der Waals surface area contributed by atoms with Gasteiger partial charge in [0.25, 0.3) is 0 Å². The molecule has 5 rings (SSSR count). The quantitative estimate of drug-likeness (QED) is 0.609. The monoisotopic (exact) mass is 527 g/mol. The second kappa shape index (κ2) is 10.1. The largest absolute Gasteiger partial charge is 0.490 e. The Kier molecular flexibility index (Phi) is 7.47. The zero-order valence-electron chi connectivity index (χ0n) is 20.7. The Morgan fingerprint density at radius 3 is 2.56 bits per heavy atom. The summed E-state index contributed by atoms with van der Waals surface area (Å²) in [6, 6.07) is 0.389. The normalized spacial score (nSPS) is 24.6. The number of carboxylic acid groups (broad SMARTS) is 1. The molecule has 2 atom stereocenters. The van der Waals surface area contributed by atoms with Crippen LogP contribution in [0.15, 0.2) is 17.9 Å². The molecule has 12 heteroatoms. The molecule has 2 aromatic heterocycles. The van der Waals surface area contributed by atoms with E-state index in [1.54, 1.807) is 11.3 Å². The van der Waals surface area contributed by atoms with Crippen LogP contribution in [0.3, 0.4) is 0 Å². The van der Waals surface area contributed by atoms with E-state index in [1.807, 2.05) is 18.2 Å². The predicted octanol–water partition coefficient (Wildman–Crippen LogP) is 4.09. The number of amides is 1. The fourth-order valence-electron chi connectivity index (χ4n) is 5.16. The van der Waals surface area contributed by atoms with E-state index in [0.29, 0.717) is 18.5 Å². The van der Waals surface area contributed by atoms with Gasteiger partial charge in [-0.3, -0.25) is 4.79 Å². The van der Waals surface area contributed by atoms with Crippen LogP contribution < -0.4 is 0 Å². The molecule has 1 saturated carbocycles. The van der Waals surface area contributed by atoms with Crippen LogP contribution in [0.5, 0.6) is 0 Å². The van der Waals surface area contributed by atoms with Crippen molar-refractivity contribution in [1.82, 2.24) is 24.3 Å². The summed E-state index contributed by atoms with van der Waals surface area (Å²) >= 11 is 1.66. The van der Waals surface area contributed by atoms with Crippen LogP contribution in [0.25, 0.3) is 0 Å². The van der Waals surface area contributed by atoms with Crippen molar-refractivity contribution in [2.24, 2.45) is 11.3 Å². The molecule has 2 aliphatic heterocycles. The molecule has 0 radical (unpaired) electrons. The fraction of sp³-hybridized carbons (Fsp3) is 0.667. The van der Waals surface area contributed by atoms with Gasteiger partial charge in [0.1, 0.15) is 0 Å². The Bertz CT molecular complexity index is 1100. The minimum atomic E-state index is -5.08. The SMILES string of the molecule is Cc1nc(CN2CCC3(CN(CC4CC4)CC3c3cn(C(C)C)cn3)C2=O)cs1.O=C(O)C(F)(F)F. The highest BCUT2D eigenvalue weighted by Crippen LogP contribution is 2.50. The van der Waals surface area contributed by atoms with Crippen molar-refractivity contribution in [2.75, 3.05) is 26.2 Å². The van der Waals surface area contributed by atoms with Crippen molar-refractivity contribution >= 4 is 23.2 Å². The van der Waals surface area contributed by atoms with Crippen molar-refractivity contribution in [2.45, 2.75) is 64.7 Å². The molecule has 36 heavy (non-hydrogen) atoms. The summed E-state index contributed by atoms with van der Waals surface area (Å²) in [4.78, 5) is 36.6. The maximum atomic E-state index is 13.8. The lowest BCUT2D eigenvalue weighted by molar-refractivity contribution is -0.192. The van der Waals surface area contributed by atoms with Gasteiger partial charge in [-0.25, -0.2) is 14.8 Å². The second-order valence-corrected chi connectivity index (χ2v) is 11.4. The van der Waals surface area contributed by atoms with Gasteiger partial charge in [0.2, 0.25) is 5.91 Å². The van der Waals surface area contributed by atoms with Crippen molar-refractivity contribution in [3.05, 3.63) is 34.3 Å². The van der Waals surface area contributed by atoms with Crippen LogP contribution in [0.1, 0.15) is 61.5 Å². The van der Waals surface area contributed by atoms with E-state index >= 15 is 0 Å². The molecule has 3 aliphatic rings. The number of alkyl halides is 3. The topological polar surface area (TPSA) is 91.6 Å². The van der Waals surface area contributed by atoms with E-state index in [9.17, 15) is 18.0 Å². The molecule has 2 aromatic rings. The zero-order chi connectivity index (χ0) is 26.3. The first-order valence-electron chi connectivity index (χ1n) is 12.2.